The maximum Gasteiger partial charge on any atom is 0.573 e. The maximum absolute atomic E-state index is 12.1. The van der Waals surface area contributed by atoms with Gasteiger partial charge in [-0.05, 0) is 17.7 Å². The molecular weight excluding hydrogens is 339 g/mol. The molecule has 0 spiro atoms. The van der Waals surface area contributed by atoms with Gasteiger partial charge in [0.25, 0.3) is 0 Å². The molecule has 0 saturated carbocycles. The van der Waals surface area contributed by atoms with Crippen LogP contribution in [0.4, 0.5) is 13.2 Å². The molecule has 20 heavy (non-hydrogen) atoms. The van der Waals surface area contributed by atoms with E-state index in [2.05, 4.69) is 25.6 Å². The van der Waals surface area contributed by atoms with Crippen molar-refractivity contribution in [2.75, 3.05) is 25.1 Å². The molecule has 0 N–H and O–H groups in total. The van der Waals surface area contributed by atoms with Crippen LogP contribution in [0.2, 0.25) is 0 Å². The van der Waals surface area contributed by atoms with E-state index < -0.39 is 6.36 Å². The van der Waals surface area contributed by atoms with Crippen LogP contribution >= 0.6 is 15.9 Å². The van der Waals surface area contributed by atoms with Crippen molar-refractivity contribution < 1.29 is 22.6 Å². The molecule has 1 saturated heterocycles. The Morgan fingerprint density at radius 2 is 2.00 bits per heavy atom. The third kappa shape index (κ3) is 4.64. The summed E-state index contributed by atoms with van der Waals surface area (Å²) in [7, 11) is 0. The highest BCUT2D eigenvalue weighted by molar-refractivity contribution is 9.09. The highest BCUT2D eigenvalue weighted by Crippen LogP contribution is 2.23. The Labute approximate surface area is 123 Å². The summed E-state index contributed by atoms with van der Waals surface area (Å²) in [5.41, 5.74) is 0.951. The van der Waals surface area contributed by atoms with Crippen molar-refractivity contribution in [2.24, 2.45) is 0 Å². The van der Waals surface area contributed by atoms with Crippen molar-refractivity contribution in [1.29, 1.82) is 0 Å². The van der Waals surface area contributed by atoms with Gasteiger partial charge < -0.3 is 9.47 Å². The van der Waals surface area contributed by atoms with E-state index in [1.807, 2.05) is 0 Å². The first-order chi connectivity index (χ1) is 9.48. The number of alkyl halides is 4. The minimum atomic E-state index is -4.65. The van der Waals surface area contributed by atoms with Crippen molar-refractivity contribution in [1.82, 2.24) is 4.90 Å². The number of rotatable bonds is 4. The Bertz CT molecular complexity index is 425. The molecule has 1 aromatic carbocycles. The molecule has 7 heteroatoms. The van der Waals surface area contributed by atoms with Crippen LogP contribution in [0.5, 0.6) is 5.75 Å². The summed E-state index contributed by atoms with van der Waals surface area (Å²) >= 11 is 3.44. The lowest BCUT2D eigenvalue weighted by atomic mass is 10.1. The van der Waals surface area contributed by atoms with Gasteiger partial charge in [-0.15, -0.1) is 13.2 Å². The molecule has 3 nitrogen and oxygen atoms in total. The van der Waals surface area contributed by atoms with Gasteiger partial charge >= 0.3 is 6.36 Å². The average molecular weight is 354 g/mol. The second-order valence-corrected chi connectivity index (χ2v) is 5.19. The number of hydrogen-bond acceptors (Lipinski definition) is 3. The molecule has 1 atom stereocenters. The van der Waals surface area contributed by atoms with Crippen molar-refractivity contribution in [3.63, 3.8) is 0 Å². The zero-order valence-electron chi connectivity index (χ0n) is 10.7. The highest BCUT2D eigenvalue weighted by Gasteiger charge is 2.31. The van der Waals surface area contributed by atoms with Crippen LogP contribution in [0.3, 0.4) is 0 Å². The minimum Gasteiger partial charge on any atom is -0.406 e. The van der Waals surface area contributed by atoms with Crippen LogP contribution in [-0.4, -0.2) is 42.4 Å². The van der Waals surface area contributed by atoms with Gasteiger partial charge in [0.05, 0.1) is 13.2 Å². The largest absolute Gasteiger partial charge is 0.573 e. The molecular formula is C13H15BrF3NO2. The van der Waals surface area contributed by atoms with Gasteiger partial charge in [0, 0.05) is 24.5 Å². The van der Waals surface area contributed by atoms with Crippen molar-refractivity contribution in [2.45, 2.75) is 18.9 Å². The number of benzene rings is 1. The van der Waals surface area contributed by atoms with Crippen LogP contribution in [0, 0.1) is 0 Å². The van der Waals surface area contributed by atoms with Crippen molar-refractivity contribution >= 4 is 15.9 Å². The van der Waals surface area contributed by atoms with E-state index in [4.69, 9.17) is 4.74 Å². The smallest absolute Gasteiger partial charge is 0.406 e. The molecule has 0 amide bonds. The van der Waals surface area contributed by atoms with Crippen LogP contribution in [-0.2, 0) is 11.3 Å². The van der Waals surface area contributed by atoms with Gasteiger partial charge in [-0.25, -0.2) is 0 Å². The molecule has 0 aromatic heterocycles. The molecule has 1 aliphatic heterocycles. The predicted molar refractivity (Wildman–Crippen MR) is 71.9 cm³/mol. The van der Waals surface area contributed by atoms with Gasteiger partial charge in [-0.1, -0.05) is 28.1 Å². The molecule has 1 aliphatic rings. The van der Waals surface area contributed by atoms with E-state index in [1.165, 1.54) is 12.1 Å². The maximum atomic E-state index is 12.1. The lowest BCUT2D eigenvalue weighted by Gasteiger charge is -2.34. The molecule has 112 valence electrons. The molecule has 2 rings (SSSR count). The standard InChI is InChI=1S/C13H15BrF3NO2/c14-7-11-9-19-6-5-18(11)8-10-1-3-12(4-2-10)20-13(15,16)17/h1-4,11H,5-9H2. The Kier molecular flexibility index (Phi) is 5.29. The quantitative estimate of drug-likeness (QED) is 0.776. The van der Waals surface area contributed by atoms with E-state index in [0.29, 0.717) is 19.8 Å². The summed E-state index contributed by atoms with van der Waals surface area (Å²) in [6.07, 6.45) is -4.65. The number of halogens is 4. The van der Waals surface area contributed by atoms with Gasteiger partial charge in [-0.2, -0.15) is 0 Å². The lowest BCUT2D eigenvalue weighted by Crippen LogP contribution is -2.45. The lowest BCUT2D eigenvalue weighted by molar-refractivity contribution is -0.274. The minimum absolute atomic E-state index is 0.194. The first kappa shape index (κ1) is 15.6. The third-order valence-electron chi connectivity index (χ3n) is 3.07. The predicted octanol–water partition coefficient (Wildman–Crippen LogP) is 3.18. The zero-order valence-corrected chi connectivity index (χ0v) is 12.3. The van der Waals surface area contributed by atoms with E-state index >= 15 is 0 Å². The third-order valence-corrected chi connectivity index (χ3v) is 3.82. The van der Waals surface area contributed by atoms with Crippen molar-refractivity contribution in [3.05, 3.63) is 29.8 Å². The molecule has 1 aromatic rings. The summed E-state index contributed by atoms with van der Waals surface area (Å²) in [6, 6.07) is 6.28. The molecule has 1 heterocycles. The molecule has 0 radical (unpaired) electrons. The second kappa shape index (κ2) is 6.78. The van der Waals surface area contributed by atoms with Crippen LogP contribution < -0.4 is 4.74 Å². The average Bonchev–Trinajstić information content (AvgIpc) is 2.40. The summed E-state index contributed by atoms with van der Waals surface area (Å²) in [5, 5.41) is 0.808. The topological polar surface area (TPSA) is 21.7 Å². The number of nitrogens with zero attached hydrogens (tertiary/aromatic N) is 1. The monoisotopic (exact) mass is 353 g/mol. The first-order valence-corrected chi connectivity index (χ1v) is 7.32. The second-order valence-electron chi connectivity index (χ2n) is 4.55. The van der Waals surface area contributed by atoms with E-state index in [1.54, 1.807) is 12.1 Å². The number of morpholine rings is 1. The van der Waals surface area contributed by atoms with E-state index in [0.717, 1.165) is 17.4 Å². The van der Waals surface area contributed by atoms with Crippen LogP contribution in [0.25, 0.3) is 0 Å². The molecule has 0 aliphatic carbocycles. The van der Waals surface area contributed by atoms with Gasteiger partial charge in [0.15, 0.2) is 0 Å². The Morgan fingerprint density at radius 3 is 2.60 bits per heavy atom. The Hall–Kier alpha value is -0.790. The van der Waals surface area contributed by atoms with Crippen molar-refractivity contribution in [3.8, 4) is 5.75 Å². The summed E-state index contributed by atoms with van der Waals surface area (Å²) in [4.78, 5) is 2.25. The van der Waals surface area contributed by atoms with Gasteiger partial charge in [0.1, 0.15) is 5.75 Å². The summed E-state index contributed by atoms with van der Waals surface area (Å²) in [6.45, 7) is 2.85. The molecule has 1 fully saturated rings. The fraction of sp³-hybridized carbons (Fsp3) is 0.538. The normalized spacial score (nSPS) is 20.9. The SMILES string of the molecule is FC(F)(F)Oc1ccc(CN2CCOCC2CBr)cc1. The fourth-order valence-corrected chi connectivity index (χ4v) is 2.67. The Balaban J connectivity index is 1.96. The molecule has 1 unspecified atom stereocenters. The summed E-state index contributed by atoms with van der Waals surface area (Å²) in [5.74, 6) is -0.194. The molecule has 0 bridgehead atoms. The van der Waals surface area contributed by atoms with Crippen LogP contribution in [0.1, 0.15) is 5.56 Å². The number of hydrogen-bond donors (Lipinski definition) is 0. The summed E-state index contributed by atoms with van der Waals surface area (Å²) < 4.78 is 45.4. The van der Waals surface area contributed by atoms with Crippen LogP contribution in [0.15, 0.2) is 24.3 Å². The first-order valence-electron chi connectivity index (χ1n) is 6.20. The fourth-order valence-electron chi connectivity index (χ4n) is 2.07. The highest BCUT2D eigenvalue weighted by atomic mass is 79.9. The van der Waals surface area contributed by atoms with E-state index in [9.17, 15) is 13.2 Å². The van der Waals surface area contributed by atoms with Gasteiger partial charge in [-0.3, -0.25) is 4.90 Å². The Morgan fingerprint density at radius 1 is 1.30 bits per heavy atom. The number of ether oxygens (including phenoxy) is 2. The van der Waals surface area contributed by atoms with E-state index in [-0.39, 0.29) is 11.8 Å². The van der Waals surface area contributed by atoms with Gasteiger partial charge in [0.2, 0.25) is 0 Å². The zero-order chi connectivity index (χ0) is 14.6.